The van der Waals surface area contributed by atoms with Crippen molar-refractivity contribution < 1.29 is 10.0 Å². The molecule has 102 valence electrons. The highest BCUT2D eigenvalue weighted by Crippen LogP contribution is 2.41. The van der Waals surface area contributed by atoms with Gasteiger partial charge < -0.3 is 5.11 Å². The van der Waals surface area contributed by atoms with Crippen LogP contribution in [-0.4, -0.2) is 33.6 Å². The number of hydrogen-bond acceptors (Lipinski definition) is 4. The van der Waals surface area contributed by atoms with E-state index in [9.17, 15) is 15.2 Å². The van der Waals surface area contributed by atoms with Crippen molar-refractivity contribution in [1.29, 1.82) is 0 Å². The number of nitro benzene ring substituents is 1. The standard InChI is InChI=1S/C14H18N2O3/c17-14(9-15-12-6-1-2-7-13(12)15)10-4-3-5-11(8-10)16(18)19/h3-5,8,12-14,17H,1-2,6-7,9H2. The molecular weight excluding hydrogens is 244 g/mol. The fraction of sp³-hybridized carbons (Fsp3) is 0.571. The van der Waals surface area contributed by atoms with Gasteiger partial charge in [-0.25, -0.2) is 0 Å². The molecule has 0 aromatic heterocycles. The van der Waals surface area contributed by atoms with Crippen molar-refractivity contribution in [2.24, 2.45) is 0 Å². The Morgan fingerprint density at radius 1 is 1.37 bits per heavy atom. The topological polar surface area (TPSA) is 66.4 Å². The van der Waals surface area contributed by atoms with Crippen LogP contribution in [-0.2, 0) is 0 Å². The second-order valence-electron chi connectivity index (χ2n) is 5.48. The first-order valence-corrected chi connectivity index (χ1v) is 6.85. The van der Waals surface area contributed by atoms with E-state index in [-0.39, 0.29) is 5.69 Å². The Morgan fingerprint density at radius 2 is 2.05 bits per heavy atom. The molecular formula is C14H18N2O3. The molecule has 1 aromatic rings. The summed E-state index contributed by atoms with van der Waals surface area (Å²) in [5.74, 6) is 0. The Bertz CT molecular complexity index is 479. The van der Waals surface area contributed by atoms with Gasteiger partial charge in [-0.15, -0.1) is 0 Å². The van der Waals surface area contributed by atoms with Crippen molar-refractivity contribution in [2.75, 3.05) is 6.54 Å². The molecule has 1 aromatic carbocycles. The second-order valence-corrected chi connectivity index (χ2v) is 5.48. The minimum absolute atomic E-state index is 0.0414. The molecule has 3 rings (SSSR count). The normalized spacial score (nSPS) is 30.5. The van der Waals surface area contributed by atoms with Gasteiger partial charge in [0.2, 0.25) is 0 Å². The average molecular weight is 262 g/mol. The predicted octanol–water partition coefficient (Wildman–Crippen LogP) is 2.25. The van der Waals surface area contributed by atoms with Gasteiger partial charge in [0.05, 0.1) is 11.0 Å². The zero-order chi connectivity index (χ0) is 13.4. The van der Waals surface area contributed by atoms with E-state index in [1.807, 2.05) is 0 Å². The predicted molar refractivity (Wildman–Crippen MR) is 70.8 cm³/mol. The molecule has 0 radical (unpaired) electrons. The van der Waals surface area contributed by atoms with E-state index in [0.717, 1.165) is 0 Å². The SMILES string of the molecule is O=[N+]([O-])c1cccc(C(O)CN2C3CCCCC32)c1. The molecule has 0 bridgehead atoms. The van der Waals surface area contributed by atoms with Crippen molar-refractivity contribution in [3.63, 3.8) is 0 Å². The third-order valence-electron chi connectivity index (χ3n) is 4.31. The average Bonchev–Trinajstić information content (AvgIpc) is 3.12. The first-order valence-electron chi connectivity index (χ1n) is 6.85. The summed E-state index contributed by atoms with van der Waals surface area (Å²) in [6.45, 7) is 0.594. The van der Waals surface area contributed by atoms with Gasteiger partial charge in [-0.05, 0) is 18.4 Å². The zero-order valence-electron chi connectivity index (χ0n) is 10.7. The fourth-order valence-electron chi connectivity index (χ4n) is 3.24. The van der Waals surface area contributed by atoms with Crippen LogP contribution >= 0.6 is 0 Å². The Morgan fingerprint density at radius 3 is 2.68 bits per heavy atom. The van der Waals surface area contributed by atoms with E-state index in [1.54, 1.807) is 12.1 Å². The number of β-amino-alcohol motifs (C(OH)–C–C–N with tert-alkyl or cyclic N) is 1. The molecule has 5 heteroatoms. The van der Waals surface area contributed by atoms with Crippen LogP contribution in [0.3, 0.4) is 0 Å². The summed E-state index contributed by atoms with van der Waals surface area (Å²) in [5.41, 5.74) is 0.678. The van der Waals surface area contributed by atoms with E-state index >= 15 is 0 Å². The number of benzene rings is 1. The fourth-order valence-corrected chi connectivity index (χ4v) is 3.24. The first kappa shape index (κ1) is 12.6. The highest BCUT2D eigenvalue weighted by atomic mass is 16.6. The second kappa shape index (κ2) is 4.90. The third kappa shape index (κ3) is 2.48. The summed E-state index contributed by atoms with van der Waals surface area (Å²) in [6, 6.07) is 7.59. The number of fused-ring (bicyclic) bond motifs is 1. The number of nitro groups is 1. The van der Waals surface area contributed by atoms with Crippen LogP contribution in [0.2, 0.25) is 0 Å². The van der Waals surface area contributed by atoms with E-state index in [4.69, 9.17) is 0 Å². The number of nitrogens with zero attached hydrogens (tertiary/aromatic N) is 2. The van der Waals surface area contributed by atoms with Crippen molar-refractivity contribution in [3.05, 3.63) is 39.9 Å². The molecule has 0 amide bonds. The Hall–Kier alpha value is -1.46. The molecule has 19 heavy (non-hydrogen) atoms. The molecule has 0 spiro atoms. The molecule has 1 aliphatic carbocycles. The van der Waals surface area contributed by atoms with Gasteiger partial charge in [0.1, 0.15) is 0 Å². The van der Waals surface area contributed by atoms with Crippen LogP contribution < -0.4 is 0 Å². The monoisotopic (exact) mass is 262 g/mol. The molecule has 1 saturated heterocycles. The van der Waals surface area contributed by atoms with E-state index in [0.29, 0.717) is 24.2 Å². The maximum absolute atomic E-state index is 10.7. The van der Waals surface area contributed by atoms with Gasteiger partial charge in [-0.3, -0.25) is 15.0 Å². The highest BCUT2D eigenvalue weighted by molar-refractivity contribution is 5.35. The summed E-state index contributed by atoms with van der Waals surface area (Å²) < 4.78 is 0. The largest absolute Gasteiger partial charge is 0.387 e. The number of rotatable bonds is 4. The number of hydrogen-bond donors (Lipinski definition) is 1. The van der Waals surface area contributed by atoms with Crippen LogP contribution in [0.1, 0.15) is 37.4 Å². The molecule has 2 fully saturated rings. The van der Waals surface area contributed by atoms with Gasteiger partial charge in [0.15, 0.2) is 0 Å². The molecule has 1 heterocycles. The molecule has 1 aliphatic heterocycles. The maximum atomic E-state index is 10.7. The Kier molecular flexibility index (Phi) is 3.24. The van der Waals surface area contributed by atoms with E-state index in [2.05, 4.69) is 4.90 Å². The van der Waals surface area contributed by atoms with Crippen LogP contribution in [0.25, 0.3) is 0 Å². The van der Waals surface area contributed by atoms with Gasteiger partial charge in [-0.2, -0.15) is 0 Å². The van der Waals surface area contributed by atoms with Crippen molar-refractivity contribution in [1.82, 2.24) is 4.90 Å². The van der Waals surface area contributed by atoms with Crippen molar-refractivity contribution in [2.45, 2.75) is 43.9 Å². The number of aliphatic hydroxyl groups is 1. The summed E-state index contributed by atoms with van der Waals surface area (Å²) in [5, 5.41) is 20.9. The lowest BCUT2D eigenvalue weighted by Gasteiger charge is -2.12. The van der Waals surface area contributed by atoms with Crippen LogP contribution in [0.5, 0.6) is 0 Å². The number of aliphatic hydroxyl groups excluding tert-OH is 1. The van der Waals surface area contributed by atoms with Gasteiger partial charge in [-0.1, -0.05) is 25.0 Å². The smallest absolute Gasteiger partial charge is 0.269 e. The van der Waals surface area contributed by atoms with E-state index < -0.39 is 11.0 Å². The zero-order valence-corrected chi connectivity index (χ0v) is 10.7. The molecule has 3 atom stereocenters. The van der Waals surface area contributed by atoms with Crippen LogP contribution in [0.4, 0.5) is 5.69 Å². The van der Waals surface area contributed by atoms with Crippen LogP contribution in [0, 0.1) is 10.1 Å². The molecule has 5 nitrogen and oxygen atoms in total. The summed E-state index contributed by atoms with van der Waals surface area (Å²) >= 11 is 0. The molecule has 2 aliphatic rings. The number of non-ortho nitro benzene ring substituents is 1. The Labute approximate surface area is 112 Å². The molecule has 1 N–H and O–H groups in total. The van der Waals surface area contributed by atoms with Gasteiger partial charge >= 0.3 is 0 Å². The molecule has 1 saturated carbocycles. The van der Waals surface area contributed by atoms with Crippen molar-refractivity contribution in [3.8, 4) is 0 Å². The lowest BCUT2D eigenvalue weighted by Crippen LogP contribution is -2.14. The lowest BCUT2D eigenvalue weighted by molar-refractivity contribution is -0.385. The number of likely N-dealkylation sites (tertiary alicyclic amines) is 1. The highest BCUT2D eigenvalue weighted by Gasteiger charge is 2.48. The lowest BCUT2D eigenvalue weighted by atomic mass is 10.0. The van der Waals surface area contributed by atoms with Gasteiger partial charge in [0, 0.05) is 30.8 Å². The van der Waals surface area contributed by atoms with Crippen LogP contribution in [0.15, 0.2) is 24.3 Å². The van der Waals surface area contributed by atoms with Gasteiger partial charge in [0.25, 0.3) is 5.69 Å². The summed E-state index contributed by atoms with van der Waals surface area (Å²) in [7, 11) is 0. The minimum Gasteiger partial charge on any atom is -0.387 e. The minimum atomic E-state index is -0.634. The maximum Gasteiger partial charge on any atom is 0.269 e. The first-order chi connectivity index (χ1) is 9.16. The summed E-state index contributed by atoms with van der Waals surface area (Å²) in [6.07, 6.45) is 4.39. The summed E-state index contributed by atoms with van der Waals surface area (Å²) in [4.78, 5) is 12.6. The van der Waals surface area contributed by atoms with E-state index in [1.165, 1.54) is 37.8 Å². The quantitative estimate of drug-likeness (QED) is 0.513. The van der Waals surface area contributed by atoms with Crippen molar-refractivity contribution >= 4 is 5.69 Å². The Balaban J connectivity index is 1.65. The third-order valence-corrected chi connectivity index (χ3v) is 4.31. The molecule has 3 unspecified atom stereocenters.